The number of ether oxygens (including phenoxy) is 1. The Morgan fingerprint density at radius 1 is 1.42 bits per heavy atom. The molecule has 0 aliphatic carbocycles. The van der Waals surface area contributed by atoms with Gasteiger partial charge >= 0.3 is 0 Å². The number of aromatic nitrogens is 1. The summed E-state index contributed by atoms with van der Waals surface area (Å²) in [5.41, 5.74) is 0.893. The Morgan fingerprint density at radius 2 is 2.26 bits per heavy atom. The van der Waals surface area contributed by atoms with Crippen LogP contribution in [0, 0.1) is 0 Å². The molecule has 1 unspecified atom stereocenters. The van der Waals surface area contributed by atoms with Crippen LogP contribution in [0.25, 0.3) is 0 Å². The Kier molecular flexibility index (Phi) is 5.60. The van der Waals surface area contributed by atoms with E-state index in [1.807, 2.05) is 0 Å². The Labute approximate surface area is 119 Å². The highest BCUT2D eigenvalue weighted by atomic mass is 32.1. The fraction of sp³-hybridized carbons (Fsp3) is 0.786. The number of anilines is 1. The van der Waals surface area contributed by atoms with Crippen molar-refractivity contribution in [2.24, 2.45) is 0 Å². The fourth-order valence-electron chi connectivity index (χ4n) is 2.72. The monoisotopic (exact) mass is 284 g/mol. The first kappa shape index (κ1) is 14.8. The van der Waals surface area contributed by atoms with Crippen LogP contribution in [0.15, 0.2) is 0 Å². The van der Waals surface area contributed by atoms with Gasteiger partial charge in [0, 0.05) is 19.7 Å². The molecule has 1 N–H and O–H groups in total. The van der Waals surface area contributed by atoms with E-state index in [-0.39, 0.29) is 6.61 Å². The Hall–Kier alpha value is -0.650. The van der Waals surface area contributed by atoms with Crippen molar-refractivity contribution in [3.8, 4) is 0 Å². The topological polar surface area (TPSA) is 45.6 Å². The fourth-order valence-corrected chi connectivity index (χ4v) is 3.74. The van der Waals surface area contributed by atoms with Gasteiger partial charge in [0.05, 0.1) is 23.8 Å². The van der Waals surface area contributed by atoms with Gasteiger partial charge in [0.15, 0.2) is 5.13 Å². The second-order valence-electron chi connectivity index (χ2n) is 5.06. The van der Waals surface area contributed by atoms with E-state index in [4.69, 9.17) is 9.72 Å². The van der Waals surface area contributed by atoms with Gasteiger partial charge in [-0.3, -0.25) is 0 Å². The molecule has 1 aliphatic heterocycles. The summed E-state index contributed by atoms with van der Waals surface area (Å²) in [7, 11) is 1.67. The van der Waals surface area contributed by atoms with Gasteiger partial charge in [-0.1, -0.05) is 31.1 Å². The largest absolute Gasteiger partial charge is 0.391 e. The summed E-state index contributed by atoms with van der Waals surface area (Å²) in [5, 5.41) is 10.5. The highest BCUT2D eigenvalue weighted by Gasteiger charge is 2.23. The standard InChI is InChI=1S/C14H24N2O2S/c1-3-11-7-5-4-6-8-16(11)14-15-12(10-18-2)13(9-17)19-14/h11,17H,3-10H2,1-2H3. The van der Waals surface area contributed by atoms with E-state index in [9.17, 15) is 5.11 Å². The normalized spacial score (nSPS) is 20.6. The minimum absolute atomic E-state index is 0.0565. The smallest absolute Gasteiger partial charge is 0.186 e. The molecule has 1 atom stereocenters. The molecule has 19 heavy (non-hydrogen) atoms. The minimum atomic E-state index is 0.0565. The molecule has 4 nitrogen and oxygen atoms in total. The molecule has 0 radical (unpaired) electrons. The van der Waals surface area contributed by atoms with Crippen molar-refractivity contribution in [3.05, 3.63) is 10.6 Å². The molecule has 1 aromatic heterocycles. The van der Waals surface area contributed by atoms with Crippen LogP contribution >= 0.6 is 11.3 Å². The number of nitrogens with zero attached hydrogens (tertiary/aromatic N) is 2. The highest BCUT2D eigenvalue weighted by molar-refractivity contribution is 7.15. The molecule has 0 aromatic carbocycles. The van der Waals surface area contributed by atoms with Crippen LogP contribution in [0.3, 0.4) is 0 Å². The first-order valence-corrected chi connectivity index (χ1v) is 7.96. The molecule has 0 spiro atoms. The first-order valence-electron chi connectivity index (χ1n) is 7.15. The van der Waals surface area contributed by atoms with Gasteiger partial charge < -0.3 is 14.7 Å². The average Bonchev–Trinajstić information content (AvgIpc) is 2.68. The maximum atomic E-state index is 9.43. The number of hydrogen-bond donors (Lipinski definition) is 1. The highest BCUT2D eigenvalue weighted by Crippen LogP contribution is 2.32. The lowest BCUT2D eigenvalue weighted by Gasteiger charge is -2.28. The van der Waals surface area contributed by atoms with Gasteiger partial charge in [-0.2, -0.15) is 0 Å². The van der Waals surface area contributed by atoms with Crippen molar-refractivity contribution in [1.29, 1.82) is 0 Å². The number of hydrogen-bond acceptors (Lipinski definition) is 5. The zero-order valence-corrected chi connectivity index (χ0v) is 12.7. The van der Waals surface area contributed by atoms with Crippen molar-refractivity contribution >= 4 is 16.5 Å². The van der Waals surface area contributed by atoms with Gasteiger partial charge in [0.2, 0.25) is 0 Å². The van der Waals surface area contributed by atoms with Crippen molar-refractivity contribution in [2.75, 3.05) is 18.6 Å². The lowest BCUT2D eigenvalue weighted by Crippen LogP contribution is -2.34. The van der Waals surface area contributed by atoms with Crippen molar-refractivity contribution < 1.29 is 9.84 Å². The predicted octanol–water partition coefficient (Wildman–Crippen LogP) is 2.94. The molecule has 1 aromatic rings. The summed E-state index contributed by atoms with van der Waals surface area (Å²) >= 11 is 1.62. The van der Waals surface area contributed by atoms with E-state index >= 15 is 0 Å². The summed E-state index contributed by atoms with van der Waals surface area (Å²) in [6.07, 6.45) is 6.29. The van der Waals surface area contributed by atoms with Crippen molar-refractivity contribution in [2.45, 2.75) is 58.3 Å². The van der Waals surface area contributed by atoms with Gasteiger partial charge in [-0.05, 0) is 19.3 Å². The minimum Gasteiger partial charge on any atom is -0.391 e. The zero-order chi connectivity index (χ0) is 13.7. The number of aliphatic hydroxyl groups is 1. The summed E-state index contributed by atoms with van der Waals surface area (Å²) in [4.78, 5) is 8.07. The van der Waals surface area contributed by atoms with Gasteiger partial charge in [0.25, 0.3) is 0 Å². The molecule has 0 amide bonds. The molecule has 5 heteroatoms. The summed E-state index contributed by atoms with van der Waals surface area (Å²) in [5.74, 6) is 0. The third kappa shape index (κ3) is 3.46. The summed E-state index contributed by atoms with van der Waals surface area (Å²) in [6, 6.07) is 0.593. The Bertz CT molecular complexity index is 395. The maximum absolute atomic E-state index is 9.43. The average molecular weight is 284 g/mol. The molecule has 2 rings (SSSR count). The number of aliphatic hydroxyl groups excluding tert-OH is 1. The maximum Gasteiger partial charge on any atom is 0.186 e. The van der Waals surface area contributed by atoms with Crippen LogP contribution in [0.1, 0.15) is 49.6 Å². The van der Waals surface area contributed by atoms with E-state index in [0.29, 0.717) is 12.6 Å². The van der Waals surface area contributed by atoms with Crippen LogP contribution in [-0.4, -0.2) is 29.8 Å². The third-order valence-electron chi connectivity index (χ3n) is 3.79. The summed E-state index contributed by atoms with van der Waals surface area (Å²) in [6.45, 7) is 3.88. The van der Waals surface area contributed by atoms with Gasteiger partial charge in [0.1, 0.15) is 0 Å². The van der Waals surface area contributed by atoms with Gasteiger partial charge in [-0.15, -0.1) is 0 Å². The van der Waals surface area contributed by atoms with Crippen LogP contribution in [0.2, 0.25) is 0 Å². The molecule has 108 valence electrons. The molecular weight excluding hydrogens is 260 g/mol. The number of thiazole rings is 1. The zero-order valence-electron chi connectivity index (χ0n) is 11.9. The number of methoxy groups -OCH3 is 1. The predicted molar refractivity (Wildman–Crippen MR) is 78.6 cm³/mol. The SMILES string of the molecule is CCC1CCCCCN1c1nc(COC)c(CO)s1. The van der Waals surface area contributed by atoms with E-state index in [1.165, 1.54) is 25.7 Å². The Morgan fingerprint density at radius 3 is 2.95 bits per heavy atom. The quantitative estimate of drug-likeness (QED) is 0.903. The summed E-state index contributed by atoms with van der Waals surface area (Å²) < 4.78 is 5.16. The Balaban J connectivity index is 2.22. The number of rotatable bonds is 5. The first-order chi connectivity index (χ1) is 9.30. The van der Waals surface area contributed by atoms with Crippen LogP contribution in [0.5, 0.6) is 0 Å². The molecule has 1 aliphatic rings. The van der Waals surface area contributed by atoms with E-state index in [0.717, 1.165) is 28.7 Å². The van der Waals surface area contributed by atoms with E-state index < -0.39 is 0 Å². The lowest BCUT2D eigenvalue weighted by molar-refractivity contribution is 0.179. The van der Waals surface area contributed by atoms with Crippen molar-refractivity contribution in [1.82, 2.24) is 4.98 Å². The molecule has 0 bridgehead atoms. The second-order valence-corrected chi connectivity index (χ2v) is 6.12. The van der Waals surface area contributed by atoms with Crippen LogP contribution < -0.4 is 4.90 Å². The third-order valence-corrected chi connectivity index (χ3v) is 4.91. The van der Waals surface area contributed by atoms with Crippen molar-refractivity contribution in [3.63, 3.8) is 0 Å². The van der Waals surface area contributed by atoms with E-state index in [1.54, 1.807) is 18.4 Å². The molecular formula is C14H24N2O2S. The molecule has 2 heterocycles. The molecule has 1 saturated heterocycles. The van der Waals surface area contributed by atoms with Gasteiger partial charge in [-0.25, -0.2) is 4.98 Å². The molecule has 0 saturated carbocycles. The molecule has 1 fully saturated rings. The lowest BCUT2D eigenvalue weighted by atomic mass is 10.1. The van der Waals surface area contributed by atoms with Crippen LogP contribution in [-0.2, 0) is 18.0 Å². The van der Waals surface area contributed by atoms with Crippen LogP contribution in [0.4, 0.5) is 5.13 Å². The van der Waals surface area contributed by atoms with E-state index in [2.05, 4.69) is 11.8 Å². The second kappa shape index (κ2) is 7.22.